The maximum Gasteiger partial charge on any atom is 0.230 e. The highest BCUT2D eigenvalue weighted by Crippen LogP contribution is 2.40. The largest absolute Gasteiger partial charge is 0.383 e. The molecule has 3 rings (SSSR count). The Balaban J connectivity index is 1.64. The average Bonchev–Trinajstić information content (AvgIpc) is 3.17. The molecule has 1 atom stereocenters. The summed E-state index contributed by atoms with van der Waals surface area (Å²) >= 11 is 0. The first kappa shape index (κ1) is 16.9. The lowest BCUT2D eigenvalue weighted by Gasteiger charge is -2.39. The monoisotopic (exact) mass is 336 g/mol. The van der Waals surface area contributed by atoms with Gasteiger partial charge in [-0.2, -0.15) is 0 Å². The van der Waals surface area contributed by atoms with Crippen LogP contribution >= 0.6 is 0 Å². The third-order valence-electron chi connectivity index (χ3n) is 5.16. The summed E-state index contributed by atoms with van der Waals surface area (Å²) in [6.45, 7) is 4.83. The van der Waals surface area contributed by atoms with E-state index in [2.05, 4.69) is 14.9 Å². The predicted molar refractivity (Wildman–Crippen MR) is 84.1 cm³/mol. The molecule has 0 aliphatic carbocycles. The first-order chi connectivity index (χ1) is 11.6. The van der Waals surface area contributed by atoms with Gasteiger partial charge in [-0.1, -0.05) is 10.3 Å². The van der Waals surface area contributed by atoms with E-state index in [1.54, 1.807) is 18.9 Å². The number of hydrogen-bond donors (Lipinski definition) is 0. The van der Waals surface area contributed by atoms with Crippen molar-refractivity contribution in [2.24, 2.45) is 5.41 Å². The van der Waals surface area contributed by atoms with Crippen LogP contribution in [0.1, 0.15) is 30.7 Å². The molecule has 2 aliphatic rings. The van der Waals surface area contributed by atoms with Gasteiger partial charge in [-0.05, 0) is 26.2 Å². The summed E-state index contributed by atoms with van der Waals surface area (Å²) in [6.07, 6.45) is 2.73. The average molecular weight is 336 g/mol. The molecule has 3 heterocycles. The number of carbonyl (C=O) groups excluding carboxylic acids is 2. The van der Waals surface area contributed by atoms with Crippen molar-refractivity contribution in [2.75, 3.05) is 39.9 Å². The maximum absolute atomic E-state index is 12.9. The van der Waals surface area contributed by atoms with Gasteiger partial charge in [0.25, 0.3) is 0 Å². The van der Waals surface area contributed by atoms with E-state index in [1.165, 1.54) is 0 Å². The van der Waals surface area contributed by atoms with Crippen LogP contribution in [0.3, 0.4) is 0 Å². The number of likely N-dealkylation sites (tertiary alicyclic amines) is 2. The Morgan fingerprint density at radius 2 is 2.17 bits per heavy atom. The summed E-state index contributed by atoms with van der Waals surface area (Å²) in [5.41, 5.74) is 0.785. The lowest BCUT2D eigenvalue weighted by atomic mass is 9.78. The summed E-state index contributed by atoms with van der Waals surface area (Å²) in [5.74, 6) is 0.146. The van der Waals surface area contributed by atoms with E-state index in [1.807, 2.05) is 4.90 Å². The molecule has 0 radical (unpaired) electrons. The van der Waals surface area contributed by atoms with Crippen LogP contribution in [0.25, 0.3) is 0 Å². The van der Waals surface area contributed by atoms with Gasteiger partial charge < -0.3 is 14.5 Å². The summed E-state index contributed by atoms with van der Waals surface area (Å²) in [5, 5.41) is 7.47. The Morgan fingerprint density at radius 1 is 1.33 bits per heavy atom. The van der Waals surface area contributed by atoms with E-state index in [9.17, 15) is 9.59 Å². The minimum atomic E-state index is -0.418. The Morgan fingerprint density at radius 3 is 2.88 bits per heavy atom. The fraction of sp³-hybridized carbons (Fsp3) is 0.750. The third-order valence-corrected chi connectivity index (χ3v) is 5.16. The van der Waals surface area contributed by atoms with Crippen molar-refractivity contribution < 1.29 is 19.0 Å². The fourth-order valence-corrected chi connectivity index (χ4v) is 3.70. The molecule has 8 nitrogen and oxygen atoms in total. The molecule has 8 heteroatoms. The smallest absolute Gasteiger partial charge is 0.230 e. The number of amides is 2. The minimum Gasteiger partial charge on any atom is -0.383 e. The van der Waals surface area contributed by atoms with Crippen LogP contribution < -0.4 is 0 Å². The Kier molecular flexibility index (Phi) is 4.84. The summed E-state index contributed by atoms with van der Waals surface area (Å²) < 4.78 is 9.74. The normalized spacial score (nSPS) is 24.2. The van der Waals surface area contributed by atoms with Gasteiger partial charge >= 0.3 is 0 Å². The molecule has 0 bridgehead atoms. The van der Waals surface area contributed by atoms with Crippen LogP contribution in [-0.2, 0) is 20.7 Å². The summed E-state index contributed by atoms with van der Waals surface area (Å²) in [4.78, 5) is 29.1. The topological polar surface area (TPSA) is 88.8 Å². The summed E-state index contributed by atoms with van der Waals surface area (Å²) in [6, 6.07) is 0. The van der Waals surface area contributed by atoms with Crippen LogP contribution in [0.5, 0.6) is 0 Å². The Labute approximate surface area is 141 Å². The van der Waals surface area contributed by atoms with E-state index in [4.69, 9.17) is 4.74 Å². The highest BCUT2D eigenvalue weighted by Gasteiger charge is 2.49. The standard InChI is InChI=1S/C16H24N4O4/c1-12-13(18-24-17-12)10-14(21)20-7-5-16(11-20)4-3-6-19(15(16)22)8-9-23-2/h3-11H2,1-2H3. The molecule has 24 heavy (non-hydrogen) atoms. The van der Waals surface area contributed by atoms with Crippen molar-refractivity contribution in [1.29, 1.82) is 0 Å². The van der Waals surface area contributed by atoms with Gasteiger partial charge in [0.15, 0.2) is 0 Å². The van der Waals surface area contributed by atoms with Crippen molar-refractivity contribution in [2.45, 2.75) is 32.6 Å². The van der Waals surface area contributed by atoms with Gasteiger partial charge in [-0.25, -0.2) is 4.63 Å². The number of aromatic nitrogens is 2. The van der Waals surface area contributed by atoms with Crippen molar-refractivity contribution in [3.05, 3.63) is 11.4 Å². The molecule has 0 saturated carbocycles. The molecule has 1 aromatic rings. The van der Waals surface area contributed by atoms with Crippen molar-refractivity contribution in [3.8, 4) is 0 Å². The van der Waals surface area contributed by atoms with Crippen LogP contribution in [0, 0.1) is 12.3 Å². The molecular formula is C16H24N4O4. The Bertz CT molecular complexity index is 617. The zero-order valence-corrected chi connectivity index (χ0v) is 14.3. The van der Waals surface area contributed by atoms with Gasteiger partial charge in [0.2, 0.25) is 11.8 Å². The quantitative estimate of drug-likeness (QED) is 0.774. The van der Waals surface area contributed by atoms with E-state index in [-0.39, 0.29) is 18.2 Å². The second-order valence-electron chi connectivity index (χ2n) is 6.71. The number of methoxy groups -OCH3 is 1. The number of hydrogen-bond acceptors (Lipinski definition) is 6. The van der Waals surface area contributed by atoms with E-state index in [0.29, 0.717) is 37.6 Å². The summed E-state index contributed by atoms with van der Waals surface area (Å²) in [7, 11) is 1.64. The third kappa shape index (κ3) is 3.15. The number of aryl methyl sites for hydroxylation is 1. The lowest BCUT2D eigenvalue weighted by molar-refractivity contribution is -0.146. The molecule has 2 aliphatic heterocycles. The van der Waals surface area contributed by atoms with Gasteiger partial charge in [-0.15, -0.1) is 0 Å². The lowest BCUT2D eigenvalue weighted by Crippen LogP contribution is -2.51. The molecule has 2 fully saturated rings. The molecular weight excluding hydrogens is 312 g/mol. The van der Waals surface area contributed by atoms with Crippen molar-refractivity contribution in [3.63, 3.8) is 0 Å². The van der Waals surface area contributed by atoms with Gasteiger partial charge in [0.1, 0.15) is 11.4 Å². The molecule has 1 unspecified atom stereocenters. The highest BCUT2D eigenvalue weighted by atomic mass is 16.6. The van der Waals surface area contributed by atoms with Crippen LogP contribution in [0.4, 0.5) is 0 Å². The molecule has 0 aromatic carbocycles. The molecule has 1 spiro atoms. The molecule has 2 amide bonds. The predicted octanol–water partition coefficient (Wildman–Crippen LogP) is 0.408. The minimum absolute atomic E-state index is 0.0208. The van der Waals surface area contributed by atoms with Crippen molar-refractivity contribution >= 4 is 11.8 Å². The first-order valence-electron chi connectivity index (χ1n) is 8.40. The van der Waals surface area contributed by atoms with Crippen LogP contribution in [-0.4, -0.2) is 71.8 Å². The van der Waals surface area contributed by atoms with Gasteiger partial charge in [-0.3, -0.25) is 9.59 Å². The number of piperidine rings is 1. The molecule has 2 saturated heterocycles. The van der Waals surface area contributed by atoms with E-state index in [0.717, 1.165) is 25.8 Å². The zero-order chi connectivity index (χ0) is 17.2. The zero-order valence-electron chi connectivity index (χ0n) is 14.3. The maximum atomic E-state index is 12.9. The molecule has 0 N–H and O–H groups in total. The molecule has 132 valence electrons. The fourth-order valence-electron chi connectivity index (χ4n) is 3.70. The van der Waals surface area contributed by atoms with Crippen molar-refractivity contribution in [1.82, 2.24) is 20.1 Å². The van der Waals surface area contributed by atoms with E-state index >= 15 is 0 Å². The van der Waals surface area contributed by atoms with Crippen LogP contribution in [0.15, 0.2) is 4.63 Å². The number of nitrogens with zero attached hydrogens (tertiary/aromatic N) is 4. The van der Waals surface area contributed by atoms with Gasteiger partial charge in [0.05, 0.1) is 18.4 Å². The first-order valence-corrected chi connectivity index (χ1v) is 8.40. The number of ether oxygens (including phenoxy) is 1. The Hall–Kier alpha value is -1.96. The van der Waals surface area contributed by atoms with E-state index < -0.39 is 5.41 Å². The van der Waals surface area contributed by atoms with Crippen LogP contribution in [0.2, 0.25) is 0 Å². The number of rotatable bonds is 5. The van der Waals surface area contributed by atoms with Gasteiger partial charge in [0, 0.05) is 33.3 Å². The molecule has 1 aromatic heterocycles. The SMILES string of the molecule is COCCN1CCCC2(CCN(C(=O)Cc3nonc3C)C2)C1=O. The number of carbonyl (C=O) groups is 2. The highest BCUT2D eigenvalue weighted by molar-refractivity contribution is 5.86. The second kappa shape index (κ2) is 6.88. The second-order valence-corrected chi connectivity index (χ2v) is 6.71.